The Morgan fingerprint density at radius 2 is 1.95 bits per heavy atom. The highest BCUT2D eigenvalue weighted by molar-refractivity contribution is 14.1. The fraction of sp³-hybridized carbons (Fsp3) is 0.133. The van der Waals surface area contributed by atoms with Crippen molar-refractivity contribution in [3.63, 3.8) is 0 Å². The van der Waals surface area contributed by atoms with Crippen LogP contribution in [-0.2, 0) is 0 Å². The quantitative estimate of drug-likeness (QED) is 0.545. The van der Waals surface area contributed by atoms with E-state index in [2.05, 4.69) is 0 Å². The Kier molecular flexibility index (Phi) is 5.03. The standard InChI is InChI=1S/C15H15IN2O3/c16-11-6-5-10(9-14(11)20)15(21)18(7-8-19)13-4-2-1-3-12(13)17/h1-6,9,19-20H,7-8,17H2. The topological polar surface area (TPSA) is 86.8 Å². The van der Waals surface area contributed by atoms with E-state index in [1.165, 1.54) is 11.0 Å². The van der Waals surface area contributed by atoms with Gasteiger partial charge in [-0.25, -0.2) is 0 Å². The number of aliphatic hydroxyl groups excluding tert-OH is 1. The molecule has 0 bridgehead atoms. The molecule has 0 atom stereocenters. The van der Waals surface area contributed by atoms with Crippen molar-refractivity contribution in [2.75, 3.05) is 23.8 Å². The van der Waals surface area contributed by atoms with Crippen LogP contribution in [0.2, 0.25) is 0 Å². The molecule has 21 heavy (non-hydrogen) atoms. The fourth-order valence-electron chi connectivity index (χ4n) is 1.97. The summed E-state index contributed by atoms with van der Waals surface area (Å²) in [4.78, 5) is 14.0. The van der Waals surface area contributed by atoms with E-state index in [1.54, 1.807) is 36.4 Å². The minimum atomic E-state index is -0.325. The van der Waals surface area contributed by atoms with Crippen molar-refractivity contribution >= 4 is 39.9 Å². The van der Waals surface area contributed by atoms with Gasteiger partial charge in [0.15, 0.2) is 0 Å². The second kappa shape index (κ2) is 6.77. The summed E-state index contributed by atoms with van der Waals surface area (Å²) in [5, 5.41) is 18.9. The first-order valence-corrected chi connectivity index (χ1v) is 7.38. The van der Waals surface area contributed by atoms with E-state index in [1.807, 2.05) is 22.6 Å². The lowest BCUT2D eigenvalue weighted by atomic mass is 10.1. The first-order valence-electron chi connectivity index (χ1n) is 6.30. The number of nitrogens with two attached hydrogens (primary N) is 1. The highest BCUT2D eigenvalue weighted by Gasteiger charge is 2.19. The average Bonchev–Trinajstić information content (AvgIpc) is 2.48. The Morgan fingerprint density at radius 3 is 2.57 bits per heavy atom. The number of phenolic OH excluding ortho intramolecular Hbond substituents is 1. The predicted molar refractivity (Wildman–Crippen MR) is 90.4 cm³/mol. The summed E-state index contributed by atoms with van der Waals surface area (Å²) in [7, 11) is 0. The van der Waals surface area contributed by atoms with Crippen molar-refractivity contribution in [3.8, 4) is 5.75 Å². The van der Waals surface area contributed by atoms with Gasteiger partial charge in [0.05, 0.1) is 21.6 Å². The molecule has 110 valence electrons. The number of para-hydroxylation sites is 2. The van der Waals surface area contributed by atoms with Gasteiger partial charge in [-0.2, -0.15) is 0 Å². The minimum absolute atomic E-state index is 0.0476. The molecule has 0 heterocycles. The molecular formula is C15H15IN2O3. The number of hydrogen-bond donors (Lipinski definition) is 3. The van der Waals surface area contributed by atoms with E-state index in [0.717, 1.165) is 0 Å². The van der Waals surface area contributed by atoms with Crippen LogP contribution in [0.25, 0.3) is 0 Å². The smallest absolute Gasteiger partial charge is 0.258 e. The molecule has 0 unspecified atom stereocenters. The number of rotatable bonds is 4. The average molecular weight is 398 g/mol. The van der Waals surface area contributed by atoms with Crippen LogP contribution >= 0.6 is 22.6 Å². The van der Waals surface area contributed by atoms with Gasteiger partial charge in [0.2, 0.25) is 0 Å². The van der Waals surface area contributed by atoms with Gasteiger partial charge in [-0.05, 0) is 52.9 Å². The molecule has 0 fully saturated rings. The molecule has 2 rings (SSSR count). The molecule has 0 aromatic heterocycles. The Labute approximate surface area is 136 Å². The summed E-state index contributed by atoms with van der Waals surface area (Å²) in [5.41, 5.74) is 7.22. The highest BCUT2D eigenvalue weighted by Crippen LogP contribution is 2.26. The summed E-state index contributed by atoms with van der Waals surface area (Å²) in [6.07, 6.45) is 0. The number of phenols is 1. The number of aliphatic hydroxyl groups is 1. The van der Waals surface area contributed by atoms with Gasteiger partial charge in [0.1, 0.15) is 5.75 Å². The number of halogens is 1. The number of nitrogens with zero attached hydrogens (tertiary/aromatic N) is 1. The second-order valence-electron chi connectivity index (χ2n) is 4.41. The summed E-state index contributed by atoms with van der Waals surface area (Å²) in [6, 6.07) is 11.7. The van der Waals surface area contributed by atoms with Crippen LogP contribution in [-0.4, -0.2) is 29.3 Å². The lowest BCUT2D eigenvalue weighted by Gasteiger charge is -2.23. The van der Waals surface area contributed by atoms with E-state index in [9.17, 15) is 15.0 Å². The third kappa shape index (κ3) is 3.45. The van der Waals surface area contributed by atoms with Crippen LogP contribution in [0.15, 0.2) is 42.5 Å². The van der Waals surface area contributed by atoms with Crippen LogP contribution in [0, 0.1) is 3.57 Å². The number of anilines is 2. The molecule has 4 N–H and O–H groups in total. The van der Waals surface area contributed by atoms with Gasteiger partial charge in [-0.15, -0.1) is 0 Å². The zero-order valence-electron chi connectivity index (χ0n) is 11.2. The van der Waals surface area contributed by atoms with Gasteiger partial charge in [-0.3, -0.25) is 4.79 Å². The molecule has 1 amide bonds. The maximum absolute atomic E-state index is 12.6. The number of amides is 1. The van der Waals surface area contributed by atoms with E-state index in [-0.39, 0.29) is 24.8 Å². The van der Waals surface area contributed by atoms with Crippen LogP contribution < -0.4 is 10.6 Å². The Bertz CT molecular complexity index is 661. The predicted octanol–water partition coefficient (Wildman–Crippen LogP) is 2.22. The van der Waals surface area contributed by atoms with Crippen LogP contribution in [0.4, 0.5) is 11.4 Å². The Morgan fingerprint density at radius 1 is 1.24 bits per heavy atom. The maximum Gasteiger partial charge on any atom is 0.258 e. The van der Waals surface area contributed by atoms with Gasteiger partial charge < -0.3 is 20.8 Å². The van der Waals surface area contributed by atoms with Crippen LogP contribution in [0.3, 0.4) is 0 Å². The molecule has 5 nitrogen and oxygen atoms in total. The molecule has 0 radical (unpaired) electrons. The zero-order valence-corrected chi connectivity index (χ0v) is 13.3. The number of nitrogen functional groups attached to an aromatic ring is 1. The van der Waals surface area contributed by atoms with Crippen molar-refractivity contribution < 1.29 is 15.0 Å². The number of carbonyl (C=O) groups is 1. The molecule has 0 aliphatic rings. The number of aromatic hydroxyl groups is 1. The Balaban J connectivity index is 2.40. The van der Waals surface area contributed by atoms with Crippen molar-refractivity contribution in [2.45, 2.75) is 0 Å². The number of benzene rings is 2. The molecule has 2 aromatic carbocycles. The minimum Gasteiger partial charge on any atom is -0.507 e. The molecule has 0 saturated carbocycles. The van der Waals surface area contributed by atoms with Gasteiger partial charge in [0.25, 0.3) is 5.91 Å². The monoisotopic (exact) mass is 398 g/mol. The Hall–Kier alpha value is -1.80. The maximum atomic E-state index is 12.6. The van der Waals surface area contributed by atoms with Crippen LogP contribution in [0.5, 0.6) is 5.75 Å². The lowest BCUT2D eigenvalue weighted by molar-refractivity contribution is 0.0980. The van der Waals surface area contributed by atoms with E-state index < -0.39 is 0 Å². The van der Waals surface area contributed by atoms with Crippen molar-refractivity contribution in [2.24, 2.45) is 0 Å². The SMILES string of the molecule is Nc1ccccc1N(CCO)C(=O)c1ccc(I)c(O)c1. The third-order valence-corrected chi connectivity index (χ3v) is 3.90. The number of hydrogen-bond acceptors (Lipinski definition) is 4. The van der Waals surface area contributed by atoms with Crippen LogP contribution in [0.1, 0.15) is 10.4 Å². The fourth-order valence-corrected chi connectivity index (χ4v) is 2.30. The van der Waals surface area contributed by atoms with Gasteiger partial charge in [-0.1, -0.05) is 12.1 Å². The normalized spacial score (nSPS) is 10.4. The molecule has 0 aliphatic heterocycles. The summed E-state index contributed by atoms with van der Waals surface area (Å²) in [5.74, 6) is -0.278. The third-order valence-electron chi connectivity index (χ3n) is 2.99. The summed E-state index contributed by atoms with van der Waals surface area (Å²) < 4.78 is 0.664. The van der Waals surface area contributed by atoms with Crippen molar-refractivity contribution in [1.29, 1.82) is 0 Å². The molecule has 0 aliphatic carbocycles. The van der Waals surface area contributed by atoms with Crippen molar-refractivity contribution in [3.05, 3.63) is 51.6 Å². The molecular weight excluding hydrogens is 383 g/mol. The van der Waals surface area contributed by atoms with E-state index in [0.29, 0.717) is 20.5 Å². The number of carbonyl (C=O) groups excluding carboxylic acids is 1. The first kappa shape index (κ1) is 15.6. The molecule has 6 heteroatoms. The van der Waals surface area contributed by atoms with E-state index in [4.69, 9.17) is 5.73 Å². The second-order valence-corrected chi connectivity index (χ2v) is 5.57. The summed E-state index contributed by atoms with van der Waals surface area (Å²) in [6.45, 7) is -0.0593. The highest BCUT2D eigenvalue weighted by atomic mass is 127. The first-order chi connectivity index (χ1) is 10.0. The molecule has 0 saturated heterocycles. The molecule has 0 spiro atoms. The zero-order chi connectivity index (χ0) is 15.4. The van der Waals surface area contributed by atoms with E-state index >= 15 is 0 Å². The summed E-state index contributed by atoms with van der Waals surface area (Å²) >= 11 is 1.98. The van der Waals surface area contributed by atoms with Crippen molar-refractivity contribution in [1.82, 2.24) is 0 Å². The lowest BCUT2D eigenvalue weighted by Crippen LogP contribution is -2.34. The molecule has 2 aromatic rings. The van der Waals surface area contributed by atoms with Gasteiger partial charge >= 0.3 is 0 Å². The van der Waals surface area contributed by atoms with Gasteiger partial charge in [0, 0.05) is 12.1 Å². The largest absolute Gasteiger partial charge is 0.507 e.